The molecule has 4 heteroatoms. The molecule has 1 saturated carbocycles. The molecule has 0 saturated heterocycles. The summed E-state index contributed by atoms with van der Waals surface area (Å²) in [5, 5.41) is 2.75. The van der Waals surface area contributed by atoms with Crippen molar-refractivity contribution < 1.29 is 13.2 Å². The molecular weight excluding hydrogens is 203 g/mol. The zero-order valence-corrected chi connectivity index (χ0v) is 8.36. The average Bonchev–Trinajstić information content (AvgIpc) is 2.93. The molecular formula is C11H12F3N. The van der Waals surface area contributed by atoms with Crippen LogP contribution < -0.4 is 5.32 Å². The largest absolute Gasteiger partial charge is 0.378 e. The second-order valence-electron chi connectivity index (χ2n) is 4.01. The quantitative estimate of drug-likeness (QED) is 0.815. The number of hydrogen-bond donors (Lipinski definition) is 1. The van der Waals surface area contributed by atoms with E-state index in [1.807, 2.05) is 6.92 Å². The van der Waals surface area contributed by atoms with Crippen molar-refractivity contribution in [1.29, 1.82) is 0 Å². The zero-order valence-electron chi connectivity index (χ0n) is 8.36. The first-order chi connectivity index (χ1) is 7.08. The summed E-state index contributed by atoms with van der Waals surface area (Å²) in [6.45, 7) is 1.87. The normalized spacial score (nSPS) is 17.6. The van der Waals surface area contributed by atoms with Gasteiger partial charge in [-0.2, -0.15) is 0 Å². The summed E-state index contributed by atoms with van der Waals surface area (Å²) in [5.74, 6) is -2.16. The van der Waals surface area contributed by atoms with Crippen LogP contribution in [0.5, 0.6) is 0 Å². The lowest BCUT2D eigenvalue weighted by atomic mass is 10.2. The van der Waals surface area contributed by atoms with Gasteiger partial charge in [-0.05, 0) is 25.7 Å². The van der Waals surface area contributed by atoms with Crippen LogP contribution in [-0.2, 0) is 0 Å². The van der Waals surface area contributed by atoms with E-state index in [1.165, 1.54) is 0 Å². The van der Waals surface area contributed by atoms with Crippen LogP contribution in [-0.4, -0.2) is 6.04 Å². The molecule has 1 aliphatic rings. The van der Waals surface area contributed by atoms with Crippen LogP contribution in [0.25, 0.3) is 0 Å². The van der Waals surface area contributed by atoms with Crippen molar-refractivity contribution in [2.24, 2.45) is 5.92 Å². The van der Waals surface area contributed by atoms with Gasteiger partial charge in [-0.3, -0.25) is 0 Å². The van der Waals surface area contributed by atoms with Crippen LogP contribution in [0.2, 0.25) is 0 Å². The third kappa shape index (κ3) is 2.25. The Balaban J connectivity index is 2.19. The Morgan fingerprint density at radius 1 is 1.20 bits per heavy atom. The summed E-state index contributed by atoms with van der Waals surface area (Å²) in [7, 11) is 0. The van der Waals surface area contributed by atoms with Crippen molar-refractivity contribution in [3.05, 3.63) is 29.6 Å². The van der Waals surface area contributed by atoms with Gasteiger partial charge in [0.2, 0.25) is 0 Å². The molecule has 15 heavy (non-hydrogen) atoms. The number of halogens is 3. The van der Waals surface area contributed by atoms with E-state index in [0.717, 1.165) is 12.8 Å². The number of rotatable bonds is 3. The van der Waals surface area contributed by atoms with E-state index < -0.39 is 17.5 Å². The molecule has 1 aromatic carbocycles. The molecule has 0 amide bonds. The molecule has 82 valence electrons. The Bertz CT molecular complexity index is 351. The Morgan fingerprint density at radius 2 is 1.73 bits per heavy atom. The standard InChI is InChI=1S/C11H12F3N/c1-6(7-2-3-7)15-11-9(13)4-8(12)5-10(11)14/h4-7,15H,2-3H2,1H3. The van der Waals surface area contributed by atoms with Crippen molar-refractivity contribution in [2.45, 2.75) is 25.8 Å². The Labute approximate surface area is 86.3 Å². The third-order valence-electron chi connectivity index (χ3n) is 2.71. The number of benzene rings is 1. The van der Waals surface area contributed by atoms with E-state index in [0.29, 0.717) is 18.1 Å². The lowest BCUT2D eigenvalue weighted by Gasteiger charge is -2.15. The third-order valence-corrected chi connectivity index (χ3v) is 2.71. The summed E-state index contributed by atoms with van der Waals surface area (Å²) < 4.78 is 39.0. The second-order valence-corrected chi connectivity index (χ2v) is 4.01. The van der Waals surface area contributed by atoms with E-state index in [2.05, 4.69) is 5.32 Å². The maximum Gasteiger partial charge on any atom is 0.152 e. The average molecular weight is 215 g/mol. The van der Waals surface area contributed by atoms with E-state index in [-0.39, 0.29) is 11.7 Å². The number of hydrogen-bond acceptors (Lipinski definition) is 1. The molecule has 0 radical (unpaired) electrons. The molecule has 0 aromatic heterocycles. The fraction of sp³-hybridized carbons (Fsp3) is 0.455. The molecule has 1 nitrogen and oxygen atoms in total. The van der Waals surface area contributed by atoms with Gasteiger partial charge in [0.25, 0.3) is 0 Å². The van der Waals surface area contributed by atoms with Gasteiger partial charge in [-0.1, -0.05) is 0 Å². The lowest BCUT2D eigenvalue weighted by Crippen LogP contribution is -2.19. The van der Waals surface area contributed by atoms with Crippen LogP contribution in [0.4, 0.5) is 18.9 Å². The Morgan fingerprint density at radius 3 is 2.20 bits per heavy atom. The van der Waals surface area contributed by atoms with Crippen LogP contribution in [0, 0.1) is 23.4 Å². The van der Waals surface area contributed by atoms with Crippen LogP contribution in [0.15, 0.2) is 12.1 Å². The first kappa shape index (κ1) is 10.3. The topological polar surface area (TPSA) is 12.0 Å². The molecule has 0 heterocycles. The smallest absolute Gasteiger partial charge is 0.152 e. The van der Waals surface area contributed by atoms with Crippen molar-refractivity contribution in [3.8, 4) is 0 Å². The molecule has 2 rings (SSSR count). The Hall–Kier alpha value is -1.19. The van der Waals surface area contributed by atoms with Crippen LogP contribution in [0.3, 0.4) is 0 Å². The van der Waals surface area contributed by atoms with Crippen LogP contribution >= 0.6 is 0 Å². The highest BCUT2D eigenvalue weighted by molar-refractivity contribution is 5.47. The fourth-order valence-corrected chi connectivity index (χ4v) is 1.62. The minimum absolute atomic E-state index is 0.0273. The maximum atomic E-state index is 13.2. The van der Waals surface area contributed by atoms with E-state index in [4.69, 9.17) is 0 Å². The number of nitrogens with one attached hydrogen (secondary N) is 1. The molecule has 1 unspecified atom stereocenters. The van der Waals surface area contributed by atoms with Gasteiger partial charge in [-0.15, -0.1) is 0 Å². The van der Waals surface area contributed by atoms with E-state index >= 15 is 0 Å². The molecule has 0 bridgehead atoms. The van der Waals surface area contributed by atoms with Gasteiger partial charge >= 0.3 is 0 Å². The minimum Gasteiger partial charge on any atom is -0.378 e. The van der Waals surface area contributed by atoms with E-state index in [9.17, 15) is 13.2 Å². The predicted octanol–water partition coefficient (Wildman–Crippen LogP) is 3.31. The lowest BCUT2D eigenvalue weighted by molar-refractivity contribution is 0.542. The van der Waals surface area contributed by atoms with Crippen molar-refractivity contribution in [2.75, 3.05) is 5.32 Å². The van der Waals surface area contributed by atoms with Gasteiger partial charge in [0.15, 0.2) is 11.6 Å². The summed E-state index contributed by atoms with van der Waals surface area (Å²) in [6, 6.07) is 1.40. The second kappa shape index (κ2) is 3.76. The number of anilines is 1. The molecule has 0 aliphatic heterocycles. The summed E-state index contributed by atoms with van der Waals surface area (Å²) in [4.78, 5) is 0. The summed E-state index contributed by atoms with van der Waals surface area (Å²) in [5.41, 5.74) is -0.226. The first-order valence-electron chi connectivity index (χ1n) is 4.99. The summed E-state index contributed by atoms with van der Waals surface area (Å²) in [6.07, 6.45) is 2.16. The highest BCUT2D eigenvalue weighted by Gasteiger charge is 2.29. The molecule has 1 aliphatic carbocycles. The van der Waals surface area contributed by atoms with Gasteiger partial charge in [0, 0.05) is 18.2 Å². The SMILES string of the molecule is CC(Nc1c(F)cc(F)cc1F)C1CC1. The van der Waals surface area contributed by atoms with Crippen molar-refractivity contribution in [1.82, 2.24) is 0 Å². The maximum absolute atomic E-state index is 13.2. The van der Waals surface area contributed by atoms with Crippen molar-refractivity contribution in [3.63, 3.8) is 0 Å². The predicted molar refractivity (Wildman–Crippen MR) is 52.1 cm³/mol. The van der Waals surface area contributed by atoms with Gasteiger partial charge < -0.3 is 5.32 Å². The minimum atomic E-state index is -0.894. The highest BCUT2D eigenvalue weighted by Crippen LogP contribution is 2.34. The molecule has 1 fully saturated rings. The van der Waals surface area contributed by atoms with E-state index in [1.54, 1.807) is 0 Å². The van der Waals surface area contributed by atoms with Gasteiger partial charge in [-0.25, -0.2) is 13.2 Å². The Kier molecular flexibility index (Phi) is 2.59. The van der Waals surface area contributed by atoms with Gasteiger partial charge in [0.1, 0.15) is 11.5 Å². The zero-order chi connectivity index (χ0) is 11.0. The molecule has 1 aromatic rings. The monoisotopic (exact) mass is 215 g/mol. The first-order valence-corrected chi connectivity index (χ1v) is 4.99. The fourth-order valence-electron chi connectivity index (χ4n) is 1.62. The highest BCUT2D eigenvalue weighted by atomic mass is 19.1. The van der Waals surface area contributed by atoms with Gasteiger partial charge in [0.05, 0.1) is 0 Å². The van der Waals surface area contributed by atoms with Crippen LogP contribution in [0.1, 0.15) is 19.8 Å². The van der Waals surface area contributed by atoms with Crippen molar-refractivity contribution >= 4 is 5.69 Å². The molecule has 0 spiro atoms. The summed E-state index contributed by atoms with van der Waals surface area (Å²) >= 11 is 0. The molecule has 1 atom stereocenters. The molecule has 1 N–H and O–H groups in total.